The van der Waals surface area contributed by atoms with Crippen LogP contribution in [0.3, 0.4) is 0 Å². The van der Waals surface area contributed by atoms with E-state index in [0.29, 0.717) is 17.5 Å². The summed E-state index contributed by atoms with van der Waals surface area (Å²) in [5.74, 6) is 0.620. The van der Waals surface area contributed by atoms with Crippen LogP contribution in [0.2, 0.25) is 0 Å². The van der Waals surface area contributed by atoms with Crippen LogP contribution in [0.1, 0.15) is 11.4 Å². The predicted molar refractivity (Wildman–Crippen MR) is 69.4 cm³/mol. The van der Waals surface area contributed by atoms with E-state index in [1.807, 2.05) is 6.92 Å². The third kappa shape index (κ3) is 2.86. The van der Waals surface area contributed by atoms with E-state index in [0.717, 1.165) is 11.4 Å². The Labute approximate surface area is 108 Å². The molecule has 2 rings (SSSR count). The zero-order valence-electron chi connectivity index (χ0n) is 9.96. The van der Waals surface area contributed by atoms with E-state index in [1.54, 1.807) is 18.5 Å². The number of hydrogen-bond acceptors (Lipinski definition) is 5. The fourth-order valence-corrected chi connectivity index (χ4v) is 2.19. The van der Waals surface area contributed by atoms with Crippen LogP contribution in [0.4, 0.5) is 0 Å². The van der Waals surface area contributed by atoms with E-state index in [4.69, 9.17) is 0 Å². The molecule has 0 bridgehead atoms. The van der Waals surface area contributed by atoms with Crippen molar-refractivity contribution in [2.75, 3.05) is 0 Å². The van der Waals surface area contributed by atoms with Gasteiger partial charge in [-0.15, -0.1) is 11.7 Å². The molecule has 0 radical (unpaired) electrons. The van der Waals surface area contributed by atoms with Crippen LogP contribution < -0.4 is 5.69 Å². The highest BCUT2D eigenvalue weighted by molar-refractivity contribution is 7.98. The summed E-state index contributed by atoms with van der Waals surface area (Å²) < 4.78 is 1.53. The molecule has 0 saturated carbocycles. The van der Waals surface area contributed by atoms with E-state index >= 15 is 0 Å². The number of allylic oxidation sites excluding steroid dienone is 1. The third-order valence-corrected chi connectivity index (χ3v) is 3.23. The van der Waals surface area contributed by atoms with Crippen LogP contribution in [0.15, 0.2) is 35.0 Å². The van der Waals surface area contributed by atoms with Gasteiger partial charge in [-0.1, -0.05) is 17.8 Å². The van der Waals surface area contributed by atoms with E-state index in [2.05, 4.69) is 26.7 Å². The average molecular weight is 263 g/mol. The molecule has 0 atom stereocenters. The highest BCUT2D eigenvalue weighted by atomic mass is 32.2. The summed E-state index contributed by atoms with van der Waals surface area (Å²) in [6.07, 6.45) is 5.11. The van der Waals surface area contributed by atoms with Gasteiger partial charge >= 0.3 is 5.69 Å². The Morgan fingerprint density at radius 2 is 2.33 bits per heavy atom. The Hall–Kier alpha value is -1.89. The van der Waals surface area contributed by atoms with Gasteiger partial charge in [0.1, 0.15) is 0 Å². The lowest BCUT2D eigenvalue weighted by atomic mass is 10.4. The first-order chi connectivity index (χ1) is 8.70. The van der Waals surface area contributed by atoms with Gasteiger partial charge in [-0.25, -0.2) is 9.89 Å². The Bertz CT molecular complexity index is 586. The number of aromatic amines is 1. The molecule has 94 valence electrons. The molecule has 0 fully saturated rings. The lowest BCUT2D eigenvalue weighted by Gasteiger charge is -2.02. The molecule has 0 aromatic carbocycles. The van der Waals surface area contributed by atoms with Crippen molar-refractivity contribution in [2.45, 2.75) is 24.4 Å². The van der Waals surface area contributed by atoms with Gasteiger partial charge in [0.15, 0.2) is 5.16 Å². The minimum atomic E-state index is -0.229. The number of thioether (sulfide) groups is 1. The van der Waals surface area contributed by atoms with Crippen molar-refractivity contribution in [3.8, 4) is 0 Å². The molecule has 0 spiro atoms. The van der Waals surface area contributed by atoms with E-state index in [9.17, 15) is 4.79 Å². The van der Waals surface area contributed by atoms with Crippen LogP contribution in [0.25, 0.3) is 0 Å². The summed E-state index contributed by atoms with van der Waals surface area (Å²) in [4.78, 5) is 19.9. The van der Waals surface area contributed by atoms with Gasteiger partial charge in [-0.3, -0.25) is 14.5 Å². The standard InChI is InChI=1S/C11H13N5OS/c1-3-4-16-10(17)14-15-11(16)18-7-9-6-12-8(2)5-13-9/h3,5-6H,1,4,7H2,2H3,(H,14,17). The molecule has 1 N–H and O–H groups in total. The highest BCUT2D eigenvalue weighted by Crippen LogP contribution is 2.17. The quantitative estimate of drug-likeness (QED) is 0.647. The minimum Gasteiger partial charge on any atom is -0.266 e. The van der Waals surface area contributed by atoms with Crippen LogP contribution in [0, 0.1) is 6.92 Å². The second-order valence-electron chi connectivity index (χ2n) is 3.65. The molecular weight excluding hydrogens is 250 g/mol. The molecule has 6 nitrogen and oxygen atoms in total. The Morgan fingerprint density at radius 3 is 3.00 bits per heavy atom. The number of aromatic nitrogens is 5. The van der Waals surface area contributed by atoms with Crippen molar-refractivity contribution in [1.82, 2.24) is 24.7 Å². The van der Waals surface area contributed by atoms with Crippen molar-refractivity contribution in [3.05, 3.63) is 46.9 Å². The van der Waals surface area contributed by atoms with Crippen molar-refractivity contribution < 1.29 is 0 Å². The van der Waals surface area contributed by atoms with Gasteiger partial charge in [-0.2, -0.15) is 0 Å². The molecule has 0 aliphatic heterocycles. The summed E-state index contributed by atoms with van der Waals surface area (Å²) in [6.45, 7) is 5.94. The van der Waals surface area contributed by atoms with E-state index < -0.39 is 0 Å². The molecule has 2 heterocycles. The molecule has 0 saturated heterocycles. The van der Waals surface area contributed by atoms with Gasteiger partial charge in [0.25, 0.3) is 0 Å². The zero-order chi connectivity index (χ0) is 13.0. The second kappa shape index (κ2) is 5.63. The number of nitrogens with one attached hydrogen (secondary N) is 1. The fraction of sp³-hybridized carbons (Fsp3) is 0.273. The molecule has 0 aliphatic rings. The van der Waals surface area contributed by atoms with Crippen LogP contribution in [0.5, 0.6) is 0 Å². The summed E-state index contributed by atoms with van der Waals surface area (Å²) in [5.41, 5.74) is 1.51. The molecule has 2 aromatic heterocycles. The van der Waals surface area contributed by atoms with Crippen LogP contribution in [-0.2, 0) is 12.3 Å². The Kier molecular flexibility index (Phi) is 3.93. The third-order valence-electron chi connectivity index (χ3n) is 2.22. The number of rotatable bonds is 5. The summed E-state index contributed by atoms with van der Waals surface area (Å²) in [5, 5.41) is 7.01. The van der Waals surface area contributed by atoms with Gasteiger partial charge in [0.2, 0.25) is 0 Å². The van der Waals surface area contributed by atoms with Crippen molar-refractivity contribution >= 4 is 11.8 Å². The Morgan fingerprint density at radius 1 is 1.50 bits per heavy atom. The topological polar surface area (TPSA) is 76.5 Å². The highest BCUT2D eigenvalue weighted by Gasteiger charge is 2.08. The number of aryl methyl sites for hydroxylation is 1. The Balaban J connectivity index is 2.08. The molecule has 7 heteroatoms. The maximum Gasteiger partial charge on any atom is 0.344 e. The van der Waals surface area contributed by atoms with Crippen molar-refractivity contribution in [3.63, 3.8) is 0 Å². The normalized spacial score (nSPS) is 10.5. The van der Waals surface area contributed by atoms with Crippen molar-refractivity contribution in [2.24, 2.45) is 0 Å². The summed E-state index contributed by atoms with van der Waals surface area (Å²) in [7, 11) is 0. The molecule has 0 unspecified atom stereocenters. The zero-order valence-corrected chi connectivity index (χ0v) is 10.8. The molecular formula is C11H13N5OS. The largest absolute Gasteiger partial charge is 0.344 e. The number of hydrogen-bond donors (Lipinski definition) is 1. The van der Waals surface area contributed by atoms with E-state index in [-0.39, 0.29) is 5.69 Å². The first-order valence-corrected chi connectivity index (χ1v) is 6.35. The predicted octanol–water partition coefficient (Wildman–Crippen LogP) is 1.15. The number of nitrogens with zero attached hydrogens (tertiary/aromatic N) is 4. The first-order valence-electron chi connectivity index (χ1n) is 5.37. The summed E-state index contributed by atoms with van der Waals surface area (Å²) >= 11 is 1.44. The molecule has 0 amide bonds. The maximum absolute atomic E-state index is 11.4. The molecule has 18 heavy (non-hydrogen) atoms. The fourth-order valence-electron chi connectivity index (χ4n) is 1.34. The first kappa shape index (κ1) is 12.6. The van der Waals surface area contributed by atoms with Gasteiger partial charge in [0, 0.05) is 24.7 Å². The lowest BCUT2D eigenvalue weighted by Crippen LogP contribution is -2.16. The van der Waals surface area contributed by atoms with Gasteiger partial charge in [-0.05, 0) is 6.92 Å². The van der Waals surface area contributed by atoms with Crippen LogP contribution in [-0.4, -0.2) is 24.7 Å². The maximum atomic E-state index is 11.4. The monoisotopic (exact) mass is 263 g/mol. The average Bonchev–Trinajstić information content (AvgIpc) is 2.71. The van der Waals surface area contributed by atoms with E-state index in [1.165, 1.54) is 16.3 Å². The SMILES string of the molecule is C=CCn1c(SCc2cnc(C)cn2)n[nH]c1=O. The smallest absolute Gasteiger partial charge is 0.266 e. The minimum absolute atomic E-state index is 0.229. The lowest BCUT2D eigenvalue weighted by molar-refractivity contribution is 0.702. The van der Waals surface area contributed by atoms with Gasteiger partial charge in [0.05, 0.1) is 11.4 Å². The van der Waals surface area contributed by atoms with Crippen LogP contribution >= 0.6 is 11.8 Å². The molecule has 2 aromatic rings. The number of H-pyrrole nitrogens is 1. The summed E-state index contributed by atoms with van der Waals surface area (Å²) in [6, 6.07) is 0. The van der Waals surface area contributed by atoms with Gasteiger partial charge < -0.3 is 0 Å². The second-order valence-corrected chi connectivity index (χ2v) is 4.59. The van der Waals surface area contributed by atoms with Crippen molar-refractivity contribution in [1.29, 1.82) is 0 Å². The molecule has 0 aliphatic carbocycles.